The van der Waals surface area contributed by atoms with E-state index in [1.807, 2.05) is 12.1 Å². The number of carbonyl (C=O) groups excluding carboxylic acids is 2. The smallest absolute Gasteiger partial charge is 0.242 e. The fraction of sp³-hybridized carbons (Fsp3) is 0.318. The third-order valence-corrected chi connectivity index (χ3v) is 7.87. The van der Waals surface area contributed by atoms with Gasteiger partial charge in [0.05, 0.1) is 21.2 Å². The maximum atomic E-state index is 12.6. The zero-order valence-electron chi connectivity index (χ0n) is 18.3. The summed E-state index contributed by atoms with van der Waals surface area (Å²) in [5, 5.41) is 6.33. The van der Waals surface area contributed by atoms with E-state index < -0.39 is 22.0 Å². The lowest BCUT2D eigenvalue weighted by atomic mass is 10.2. The number of hydrogen-bond acceptors (Lipinski definition) is 7. The van der Waals surface area contributed by atoms with E-state index >= 15 is 0 Å². The van der Waals surface area contributed by atoms with Gasteiger partial charge in [-0.05, 0) is 62.2 Å². The Kier molecular flexibility index (Phi) is 6.63. The maximum Gasteiger partial charge on any atom is 0.242 e. The molecule has 174 valence electrons. The third kappa shape index (κ3) is 5.49. The number of carbonyl (C=O) groups is 2. The first-order valence-electron chi connectivity index (χ1n) is 10.6. The first-order chi connectivity index (χ1) is 15.7. The molecule has 11 heteroatoms. The molecule has 4 rings (SSSR count). The Morgan fingerprint density at radius 1 is 1.03 bits per heavy atom. The number of rotatable bonds is 7. The van der Waals surface area contributed by atoms with Crippen molar-refractivity contribution in [1.29, 1.82) is 0 Å². The predicted octanol–water partition coefficient (Wildman–Crippen LogP) is 3.16. The van der Waals surface area contributed by atoms with Crippen LogP contribution in [0.3, 0.4) is 0 Å². The Morgan fingerprint density at radius 3 is 2.36 bits per heavy atom. The van der Waals surface area contributed by atoms with E-state index in [-0.39, 0.29) is 10.8 Å². The molecule has 0 unspecified atom stereocenters. The van der Waals surface area contributed by atoms with Gasteiger partial charge >= 0.3 is 0 Å². The van der Waals surface area contributed by atoms with Crippen molar-refractivity contribution in [2.45, 2.75) is 37.6 Å². The van der Waals surface area contributed by atoms with Crippen molar-refractivity contribution < 1.29 is 18.0 Å². The van der Waals surface area contributed by atoms with E-state index in [1.54, 1.807) is 17.4 Å². The summed E-state index contributed by atoms with van der Waals surface area (Å²) in [6, 6.07) is 10.2. The van der Waals surface area contributed by atoms with Gasteiger partial charge in [0.25, 0.3) is 0 Å². The van der Waals surface area contributed by atoms with Crippen LogP contribution >= 0.6 is 11.3 Å². The average Bonchev–Trinajstić information content (AvgIpc) is 3.43. The lowest BCUT2D eigenvalue weighted by molar-refractivity contribution is -0.117. The number of hydrogen-bond donors (Lipinski definition) is 3. The van der Waals surface area contributed by atoms with Crippen LogP contribution in [0.4, 0.5) is 16.5 Å². The number of thiazole rings is 1. The quantitative estimate of drug-likeness (QED) is 0.471. The van der Waals surface area contributed by atoms with Crippen LogP contribution in [0.25, 0.3) is 10.2 Å². The highest BCUT2D eigenvalue weighted by Crippen LogP contribution is 2.32. The normalized spacial score (nSPS) is 14.9. The van der Waals surface area contributed by atoms with Gasteiger partial charge in [-0.1, -0.05) is 11.3 Å². The zero-order chi connectivity index (χ0) is 23.6. The molecule has 1 aliphatic rings. The number of nitrogens with one attached hydrogen (secondary N) is 3. The first kappa shape index (κ1) is 23.1. The summed E-state index contributed by atoms with van der Waals surface area (Å²) in [4.78, 5) is 30.7. The van der Waals surface area contributed by atoms with Crippen LogP contribution < -0.4 is 20.3 Å². The summed E-state index contributed by atoms with van der Waals surface area (Å²) in [7, 11) is -3.92. The highest BCUT2D eigenvalue weighted by molar-refractivity contribution is 7.89. The van der Waals surface area contributed by atoms with Crippen LogP contribution in [0.1, 0.15) is 26.7 Å². The van der Waals surface area contributed by atoms with Crippen molar-refractivity contribution in [1.82, 2.24) is 9.71 Å². The van der Waals surface area contributed by atoms with Crippen molar-refractivity contribution in [3.05, 3.63) is 42.5 Å². The lowest BCUT2D eigenvalue weighted by Gasteiger charge is -2.15. The van der Waals surface area contributed by atoms with Crippen molar-refractivity contribution in [3.8, 4) is 0 Å². The van der Waals surface area contributed by atoms with Crippen LogP contribution in [0.2, 0.25) is 0 Å². The van der Waals surface area contributed by atoms with E-state index in [9.17, 15) is 18.0 Å². The average molecular weight is 488 g/mol. The molecule has 9 nitrogen and oxygen atoms in total. The minimum atomic E-state index is -3.92. The van der Waals surface area contributed by atoms with Crippen LogP contribution in [0.5, 0.6) is 0 Å². The van der Waals surface area contributed by atoms with Crippen LogP contribution in [-0.4, -0.2) is 44.3 Å². The van der Waals surface area contributed by atoms with E-state index in [1.165, 1.54) is 51.0 Å². The molecule has 1 fully saturated rings. The molecule has 0 bridgehead atoms. The van der Waals surface area contributed by atoms with Gasteiger partial charge in [0.1, 0.15) is 0 Å². The van der Waals surface area contributed by atoms with Crippen LogP contribution in [-0.2, 0) is 19.6 Å². The number of amides is 2. The number of sulfonamides is 1. The molecular weight excluding hydrogens is 462 g/mol. The molecule has 3 aromatic rings. The minimum absolute atomic E-state index is 0.00299. The van der Waals surface area contributed by atoms with Crippen LogP contribution in [0.15, 0.2) is 47.4 Å². The van der Waals surface area contributed by atoms with Gasteiger partial charge in [-0.15, -0.1) is 0 Å². The second-order valence-corrected chi connectivity index (χ2v) is 10.6. The predicted molar refractivity (Wildman–Crippen MR) is 130 cm³/mol. The fourth-order valence-corrected chi connectivity index (χ4v) is 5.82. The number of benzene rings is 2. The molecule has 2 amide bonds. The summed E-state index contributed by atoms with van der Waals surface area (Å²) < 4.78 is 28.6. The standard InChI is InChI=1S/C22H25N5O4S2/c1-14(26-33(30,31)18-8-5-16(6-9-18)23-15(2)28)21(29)24-17-7-10-19-20(13-17)32-22(25-19)27-11-3-4-12-27/h5-10,13-14,26H,3-4,11-12H2,1-2H3,(H,23,28)(H,24,29)/t14-/m0/s1. The molecule has 2 heterocycles. The van der Waals surface area contributed by atoms with E-state index in [0.717, 1.165) is 28.4 Å². The summed E-state index contributed by atoms with van der Waals surface area (Å²) in [5.74, 6) is -0.727. The van der Waals surface area contributed by atoms with Crippen molar-refractivity contribution in [2.24, 2.45) is 0 Å². The molecule has 0 aliphatic carbocycles. The van der Waals surface area contributed by atoms with E-state index in [4.69, 9.17) is 0 Å². The van der Waals surface area contributed by atoms with Crippen LogP contribution in [0, 0.1) is 0 Å². The van der Waals surface area contributed by atoms with Gasteiger partial charge in [-0.2, -0.15) is 4.72 Å². The molecule has 3 N–H and O–H groups in total. The number of nitrogens with zero attached hydrogens (tertiary/aromatic N) is 2. The molecule has 1 aliphatic heterocycles. The SMILES string of the molecule is CC(=O)Nc1ccc(S(=O)(=O)N[C@@H](C)C(=O)Nc2ccc3nc(N4CCCC4)sc3c2)cc1. The van der Waals surface area contributed by atoms with Crippen molar-refractivity contribution in [2.75, 3.05) is 28.6 Å². The van der Waals surface area contributed by atoms with Gasteiger partial charge in [0.15, 0.2) is 5.13 Å². The van der Waals surface area contributed by atoms with E-state index in [2.05, 4.69) is 25.2 Å². The molecule has 2 aromatic carbocycles. The van der Waals surface area contributed by atoms with Gasteiger partial charge < -0.3 is 15.5 Å². The minimum Gasteiger partial charge on any atom is -0.348 e. The Hall–Kier alpha value is -3.02. The summed E-state index contributed by atoms with van der Waals surface area (Å²) in [6.07, 6.45) is 2.34. The monoisotopic (exact) mass is 487 g/mol. The maximum absolute atomic E-state index is 12.6. The second kappa shape index (κ2) is 9.46. The lowest BCUT2D eigenvalue weighted by Crippen LogP contribution is -2.41. The van der Waals surface area contributed by atoms with E-state index in [0.29, 0.717) is 11.4 Å². The number of anilines is 3. The topological polar surface area (TPSA) is 120 Å². The van der Waals surface area contributed by atoms with Crippen molar-refractivity contribution >= 4 is 59.9 Å². The molecule has 1 atom stereocenters. The Balaban J connectivity index is 1.41. The summed E-state index contributed by atoms with van der Waals surface area (Å²) in [6.45, 7) is 4.87. The first-order valence-corrected chi connectivity index (χ1v) is 12.9. The third-order valence-electron chi connectivity index (χ3n) is 5.23. The second-order valence-electron chi connectivity index (χ2n) is 7.91. The molecule has 1 aromatic heterocycles. The molecule has 0 spiro atoms. The van der Waals surface area contributed by atoms with Crippen molar-refractivity contribution in [3.63, 3.8) is 0 Å². The highest BCUT2D eigenvalue weighted by atomic mass is 32.2. The zero-order valence-corrected chi connectivity index (χ0v) is 19.9. The molecule has 0 radical (unpaired) electrons. The molecular formula is C22H25N5O4S2. The van der Waals surface area contributed by atoms with Gasteiger partial charge in [-0.3, -0.25) is 9.59 Å². The Bertz CT molecular complexity index is 1280. The summed E-state index contributed by atoms with van der Waals surface area (Å²) in [5.41, 5.74) is 1.93. The van der Waals surface area contributed by atoms with Gasteiger partial charge in [-0.25, -0.2) is 13.4 Å². The molecule has 33 heavy (non-hydrogen) atoms. The largest absolute Gasteiger partial charge is 0.348 e. The van der Waals surface area contributed by atoms with Gasteiger partial charge in [0, 0.05) is 31.4 Å². The summed E-state index contributed by atoms with van der Waals surface area (Å²) >= 11 is 1.58. The Morgan fingerprint density at radius 2 is 1.70 bits per heavy atom. The number of fused-ring (bicyclic) bond motifs is 1. The highest BCUT2D eigenvalue weighted by Gasteiger charge is 2.23. The molecule has 0 saturated carbocycles. The van der Waals surface area contributed by atoms with Gasteiger partial charge in [0.2, 0.25) is 21.8 Å². The Labute approximate surface area is 196 Å². The molecule has 1 saturated heterocycles. The number of aromatic nitrogens is 1. The fourth-order valence-electron chi connectivity index (χ4n) is 3.56.